The minimum absolute atomic E-state index is 0.0899. The summed E-state index contributed by atoms with van der Waals surface area (Å²) in [5.41, 5.74) is 3.88. The first kappa shape index (κ1) is 11.0. The average Bonchev–Trinajstić information content (AvgIpc) is 2.18. The van der Waals surface area contributed by atoms with Crippen molar-refractivity contribution in [2.45, 2.75) is 26.4 Å². The van der Waals surface area contributed by atoms with Crippen molar-refractivity contribution in [1.82, 2.24) is 5.43 Å². The highest BCUT2D eigenvalue weighted by atomic mass is 16.5. The molecule has 0 fully saturated rings. The van der Waals surface area contributed by atoms with Crippen molar-refractivity contribution < 1.29 is 4.74 Å². The summed E-state index contributed by atoms with van der Waals surface area (Å²) in [4.78, 5) is 0. The largest absolute Gasteiger partial charge is 0.489 e. The molecule has 3 N–H and O–H groups in total. The second kappa shape index (κ2) is 5.62. The fourth-order valence-corrected chi connectivity index (χ4v) is 1.28. The van der Waals surface area contributed by atoms with Gasteiger partial charge in [-0.2, -0.15) is 0 Å². The van der Waals surface area contributed by atoms with Gasteiger partial charge >= 0.3 is 0 Å². The molecule has 0 heterocycles. The van der Waals surface area contributed by atoms with Gasteiger partial charge in [-0.15, -0.1) is 0 Å². The third-order valence-electron chi connectivity index (χ3n) is 2.05. The van der Waals surface area contributed by atoms with E-state index in [0.717, 1.165) is 12.2 Å². The van der Waals surface area contributed by atoms with Crippen molar-refractivity contribution in [2.24, 2.45) is 5.84 Å². The van der Waals surface area contributed by atoms with Crippen LogP contribution in [0.25, 0.3) is 0 Å². The van der Waals surface area contributed by atoms with Crippen LogP contribution in [0.3, 0.4) is 0 Å². The highest BCUT2D eigenvalue weighted by molar-refractivity contribution is 5.28. The maximum absolute atomic E-state index is 5.65. The summed E-state index contributed by atoms with van der Waals surface area (Å²) >= 11 is 0. The number of aryl methyl sites for hydroxylation is 1. The van der Waals surface area contributed by atoms with Crippen LogP contribution in [0.2, 0.25) is 0 Å². The zero-order valence-corrected chi connectivity index (χ0v) is 8.79. The van der Waals surface area contributed by atoms with Gasteiger partial charge in [0, 0.05) is 6.54 Å². The number of benzene rings is 1. The molecule has 0 amide bonds. The number of hydrogen-bond donors (Lipinski definition) is 2. The number of nitrogens with two attached hydrogens (primary N) is 1. The van der Waals surface area contributed by atoms with Crippen molar-refractivity contribution >= 4 is 0 Å². The third kappa shape index (κ3) is 3.36. The van der Waals surface area contributed by atoms with Gasteiger partial charge in [-0.05, 0) is 31.0 Å². The Balaban J connectivity index is 2.57. The normalized spacial score (nSPS) is 12.5. The summed E-state index contributed by atoms with van der Waals surface area (Å²) in [5, 5.41) is 0. The molecule has 1 rings (SSSR count). The molecule has 1 unspecified atom stereocenters. The first-order valence-electron chi connectivity index (χ1n) is 4.95. The van der Waals surface area contributed by atoms with Crippen LogP contribution in [0, 0.1) is 0 Å². The van der Waals surface area contributed by atoms with Crippen LogP contribution in [0.15, 0.2) is 24.3 Å². The summed E-state index contributed by atoms with van der Waals surface area (Å²) < 4.78 is 5.65. The van der Waals surface area contributed by atoms with Gasteiger partial charge in [0.05, 0.1) is 0 Å². The monoisotopic (exact) mass is 194 g/mol. The molecule has 0 bridgehead atoms. The van der Waals surface area contributed by atoms with Crippen molar-refractivity contribution in [3.63, 3.8) is 0 Å². The number of ether oxygens (including phenoxy) is 1. The van der Waals surface area contributed by atoms with Crippen molar-refractivity contribution in [2.75, 3.05) is 6.54 Å². The maximum Gasteiger partial charge on any atom is 0.120 e. The summed E-state index contributed by atoms with van der Waals surface area (Å²) in [6.07, 6.45) is 1.12. The SMILES string of the molecule is CCc1cccc(OC(C)CNN)c1. The molecular weight excluding hydrogens is 176 g/mol. The van der Waals surface area contributed by atoms with E-state index in [4.69, 9.17) is 10.6 Å². The van der Waals surface area contributed by atoms with E-state index in [9.17, 15) is 0 Å². The molecule has 0 spiro atoms. The van der Waals surface area contributed by atoms with Gasteiger partial charge in [-0.25, -0.2) is 0 Å². The first-order chi connectivity index (χ1) is 6.76. The number of hydrogen-bond acceptors (Lipinski definition) is 3. The van der Waals surface area contributed by atoms with Gasteiger partial charge in [0.1, 0.15) is 11.9 Å². The Kier molecular flexibility index (Phi) is 4.43. The van der Waals surface area contributed by atoms with E-state index in [1.807, 2.05) is 19.1 Å². The maximum atomic E-state index is 5.65. The lowest BCUT2D eigenvalue weighted by atomic mass is 10.2. The molecule has 1 aromatic rings. The Bertz CT molecular complexity index is 276. The summed E-state index contributed by atoms with van der Waals surface area (Å²) in [6.45, 7) is 4.76. The average molecular weight is 194 g/mol. The Morgan fingerprint density at radius 2 is 2.29 bits per heavy atom. The van der Waals surface area contributed by atoms with E-state index in [2.05, 4.69) is 24.5 Å². The van der Waals surface area contributed by atoms with Crippen molar-refractivity contribution in [1.29, 1.82) is 0 Å². The first-order valence-corrected chi connectivity index (χ1v) is 4.95. The standard InChI is InChI=1S/C11H18N2O/c1-3-10-5-4-6-11(7-10)14-9(2)8-13-12/h4-7,9,13H,3,8,12H2,1-2H3. The molecule has 0 aliphatic heterocycles. The fourth-order valence-electron chi connectivity index (χ4n) is 1.28. The zero-order chi connectivity index (χ0) is 10.4. The van der Waals surface area contributed by atoms with Crippen LogP contribution >= 0.6 is 0 Å². The molecule has 0 aromatic heterocycles. The third-order valence-corrected chi connectivity index (χ3v) is 2.05. The lowest BCUT2D eigenvalue weighted by Crippen LogP contribution is -2.33. The van der Waals surface area contributed by atoms with Crippen molar-refractivity contribution in [3.05, 3.63) is 29.8 Å². The lowest BCUT2D eigenvalue weighted by Gasteiger charge is -2.14. The van der Waals surface area contributed by atoms with Gasteiger partial charge in [0.15, 0.2) is 0 Å². The molecule has 14 heavy (non-hydrogen) atoms. The molecule has 3 nitrogen and oxygen atoms in total. The van der Waals surface area contributed by atoms with E-state index in [1.165, 1.54) is 5.56 Å². The minimum Gasteiger partial charge on any atom is -0.489 e. The Morgan fingerprint density at radius 1 is 1.50 bits per heavy atom. The molecule has 78 valence electrons. The predicted octanol–water partition coefficient (Wildman–Crippen LogP) is 1.48. The van der Waals surface area contributed by atoms with Crippen LogP contribution < -0.4 is 16.0 Å². The Hall–Kier alpha value is -1.06. The van der Waals surface area contributed by atoms with Crippen molar-refractivity contribution in [3.8, 4) is 5.75 Å². The lowest BCUT2D eigenvalue weighted by molar-refractivity contribution is 0.217. The molecule has 0 saturated heterocycles. The number of hydrazine groups is 1. The van der Waals surface area contributed by atoms with Gasteiger partial charge in [0.2, 0.25) is 0 Å². The highest BCUT2D eigenvalue weighted by Crippen LogP contribution is 2.14. The number of rotatable bonds is 5. The number of nitrogens with one attached hydrogen (secondary N) is 1. The second-order valence-electron chi connectivity index (χ2n) is 3.34. The predicted molar refractivity (Wildman–Crippen MR) is 58.1 cm³/mol. The Morgan fingerprint density at radius 3 is 2.93 bits per heavy atom. The van der Waals surface area contributed by atoms with E-state index in [1.54, 1.807) is 0 Å². The fraction of sp³-hybridized carbons (Fsp3) is 0.455. The quantitative estimate of drug-likeness (QED) is 0.551. The zero-order valence-electron chi connectivity index (χ0n) is 8.79. The van der Waals surface area contributed by atoms with Crippen LogP contribution in [0.1, 0.15) is 19.4 Å². The highest BCUT2D eigenvalue weighted by Gasteiger charge is 2.02. The summed E-state index contributed by atoms with van der Waals surface area (Å²) in [5.74, 6) is 6.12. The van der Waals surface area contributed by atoms with Gasteiger partial charge < -0.3 is 4.74 Å². The molecule has 3 heteroatoms. The molecular formula is C11H18N2O. The molecule has 0 radical (unpaired) electrons. The van der Waals surface area contributed by atoms with E-state index >= 15 is 0 Å². The Labute approximate surface area is 85.2 Å². The molecule has 0 aliphatic carbocycles. The van der Waals surface area contributed by atoms with Crippen LogP contribution in [-0.4, -0.2) is 12.6 Å². The topological polar surface area (TPSA) is 47.3 Å². The molecule has 0 aliphatic rings. The van der Waals surface area contributed by atoms with Crippen LogP contribution in [0.5, 0.6) is 5.75 Å². The van der Waals surface area contributed by atoms with Gasteiger partial charge in [-0.3, -0.25) is 11.3 Å². The molecule has 1 aromatic carbocycles. The van der Waals surface area contributed by atoms with E-state index < -0.39 is 0 Å². The van der Waals surface area contributed by atoms with Gasteiger partial charge in [-0.1, -0.05) is 19.1 Å². The molecule has 1 atom stereocenters. The molecule has 0 saturated carbocycles. The van der Waals surface area contributed by atoms with Gasteiger partial charge in [0.25, 0.3) is 0 Å². The van der Waals surface area contributed by atoms with E-state index in [-0.39, 0.29) is 6.10 Å². The van der Waals surface area contributed by atoms with Crippen LogP contribution in [-0.2, 0) is 6.42 Å². The van der Waals surface area contributed by atoms with Crippen LogP contribution in [0.4, 0.5) is 0 Å². The minimum atomic E-state index is 0.0899. The summed E-state index contributed by atoms with van der Waals surface area (Å²) in [6, 6.07) is 8.13. The smallest absolute Gasteiger partial charge is 0.120 e. The van der Waals surface area contributed by atoms with E-state index in [0.29, 0.717) is 6.54 Å². The second-order valence-corrected chi connectivity index (χ2v) is 3.34. The summed E-state index contributed by atoms with van der Waals surface area (Å²) in [7, 11) is 0.